The third kappa shape index (κ3) is 4.96. The Labute approximate surface area is 244 Å². The summed E-state index contributed by atoms with van der Waals surface area (Å²) in [5.41, 5.74) is 11.1. The molecule has 0 radical (unpaired) electrons. The minimum Gasteiger partial charge on any atom is -0.453 e. The van der Waals surface area contributed by atoms with E-state index in [-0.39, 0.29) is 17.9 Å². The lowest BCUT2D eigenvalue weighted by atomic mass is 9.84. The molecule has 3 aromatic rings. The molecule has 1 fully saturated rings. The van der Waals surface area contributed by atoms with Gasteiger partial charge >= 0.3 is 6.09 Å². The lowest BCUT2D eigenvalue weighted by Gasteiger charge is -2.30. The summed E-state index contributed by atoms with van der Waals surface area (Å²) in [5.74, 6) is -0.115. The van der Waals surface area contributed by atoms with E-state index in [1.165, 1.54) is 46.1 Å². The Morgan fingerprint density at radius 1 is 0.975 bits per heavy atom. The first kappa shape index (κ1) is 26.8. The average molecular weight is 601 g/mol. The third-order valence-electron chi connectivity index (χ3n) is 8.49. The van der Waals surface area contributed by atoms with E-state index in [1.54, 1.807) is 0 Å². The number of amides is 2. The van der Waals surface area contributed by atoms with E-state index in [9.17, 15) is 9.59 Å². The van der Waals surface area contributed by atoms with Crippen LogP contribution in [0.2, 0.25) is 0 Å². The first-order valence-corrected chi connectivity index (χ1v) is 14.9. The fraction of sp³-hybridized carbons (Fsp3) is 0.364. The summed E-state index contributed by atoms with van der Waals surface area (Å²) in [7, 11) is 1.32. The fourth-order valence-electron chi connectivity index (χ4n) is 6.40. The van der Waals surface area contributed by atoms with E-state index in [0.717, 1.165) is 48.0 Å². The lowest BCUT2D eigenvalue weighted by Crippen LogP contribution is -2.53. The van der Waals surface area contributed by atoms with Gasteiger partial charge in [0.15, 0.2) is 0 Å². The van der Waals surface area contributed by atoms with Crippen molar-refractivity contribution in [1.29, 1.82) is 0 Å². The van der Waals surface area contributed by atoms with Gasteiger partial charge in [0.1, 0.15) is 6.04 Å². The van der Waals surface area contributed by atoms with E-state index in [2.05, 4.69) is 75.8 Å². The van der Waals surface area contributed by atoms with Crippen LogP contribution in [0.15, 0.2) is 64.1 Å². The van der Waals surface area contributed by atoms with Crippen molar-refractivity contribution in [1.82, 2.24) is 10.2 Å². The van der Waals surface area contributed by atoms with Gasteiger partial charge in [0.2, 0.25) is 5.91 Å². The van der Waals surface area contributed by atoms with E-state index in [1.807, 2.05) is 18.7 Å². The molecule has 2 aliphatic heterocycles. The Balaban J connectivity index is 1.21. The van der Waals surface area contributed by atoms with Gasteiger partial charge in [-0.15, -0.1) is 0 Å². The number of nitrogens with zero attached hydrogens (tertiary/aromatic N) is 2. The second-order valence-electron chi connectivity index (χ2n) is 11.3. The summed E-state index contributed by atoms with van der Waals surface area (Å²) in [6, 6.07) is 19.3. The smallest absolute Gasteiger partial charge is 0.407 e. The molecule has 0 saturated carbocycles. The predicted octanol–water partition coefficient (Wildman–Crippen LogP) is 6.88. The van der Waals surface area contributed by atoms with Gasteiger partial charge in [-0.2, -0.15) is 0 Å². The molecule has 206 valence electrons. The molecular weight excluding hydrogens is 566 g/mol. The maximum atomic E-state index is 13.5. The number of rotatable bonds is 5. The van der Waals surface area contributed by atoms with Gasteiger partial charge in [0, 0.05) is 23.1 Å². The highest BCUT2D eigenvalue weighted by molar-refractivity contribution is 9.10. The molecule has 3 aliphatic rings. The van der Waals surface area contributed by atoms with Crippen LogP contribution in [0.25, 0.3) is 22.3 Å². The van der Waals surface area contributed by atoms with Gasteiger partial charge < -0.3 is 15.0 Å². The molecule has 1 saturated heterocycles. The first-order valence-electron chi connectivity index (χ1n) is 14.1. The van der Waals surface area contributed by atoms with E-state index in [0.29, 0.717) is 6.54 Å². The number of carbonyl (C=O) groups is 2. The molecule has 0 unspecified atom stereocenters. The van der Waals surface area contributed by atoms with Crippen molar-refractivity contribution >= 4 is 39.3 Å². The lowest BCUT2D eigenvalue weighted by molar-refractivity contribution is -0.134. The number of alkyl carbamates (subject to hydrolysis) is 1. The van der Waals surface area contributed by atoms with Crippen molar-refractivity contribution in [3.63, 3.8) is 0 Å². The molecule has 2 atom stereocenters. The maximum absolute atomic E-state index is 13.5. The fourth-order valence-corrected chi connectivity index (χ4v) is 6.81. The number of hydrogen-bond acceptors (Lipinski definition) is 4. The van der Waals surface area contributed by atoms with Crippen molar-refractivity contribution in [2.75, 3.05) is 13.7 Å². The van der Waals surface area contributed by atoms with Crippen LogP contribution in [-0.2, 0) is 28.8 Å². The molecular formula is C33H34BrN3O3. The highest BCUT2D eigenvalue weighted by atomic mass is 79.9. The monoisotopic (exact) mass is 599 g/mol. The number of methoxy groups -OCH3 is 1. The van der Waals surface area contributed by atoms with Gasteiger partial charge in [0.25, 0.3) is 0 Å². The number of nitrogens with one attached hydrogen (secondary N) is 1. The van der Waals surface area contributed by atoms with Crippen LogP contribution in [0.5, 0.6) is 0 Å². The van der Waals surface area contributed by atoms with Crippen LogP contribution >= 0.6 is 15.9 Å². The number of benzene rings is 3. The number of ether oxygens (including phenoxy) is 1. The Morgan fingerprint density at radius 3 is 2.38 bits per heavy atom. The van der Waals surface area contributed by atoms with Crippen molar-refractivity contribution in [3.8, 4) is 22.3 Å². The normalized spacial score (nSPS) is 18.1. The molecule has 6 nitrogen and oxygen atoms in total. The minimum absolute atomic E-state index is 0.0482. The second kappa shape index (κ2) is 10.8. The van der Waals surface area contributed by atoms with Gasteiger partial charge in [-0.25, -0.2) is 4.79 Å². The summed E-state index contributed by atoms with van der Waals surface area (Å²) in [4.78, 5) is 32.3. The highest BCUT2D eigenvalue weighted by Gasteiger charge is 2.38. The van der Waals surface area contributed by atoms with Gasteiger partial charge in [-0.05, 0) is 94.8 Å². The van der Waals surface area contributed by atoms with Crippen LogP contribution < -0.4 is 5.32 Å². The van der Waals surface area contributed by atoms with E-state index >= 15 is 0 Å². The molecule has 0 aromatic heterocycles. The number of aliphatic imine (C=N–C) groups is 1. The summed E-state index contributed by atoms with van der Waals surface area (Å²) in [5, 5.41) is 2.73. The van der Waals surface area contributed by atoms with Crippen molar-refractivity contribution in [2.24, 2.45) is 10.9 Å². The predicted molar refractivity (Wildman–Crippen MR) is 162 cm³/mol. The van der Waals surface area contributed by atoms with E-state index in [4.69, 9.17) is 9.73 Å². The molecule has 3 aromatic carbocycles. The summed E-state index contributed by atoms with van der Waals surface area (Å²) in [6.07, 6.45) is 4.06. The van der Waals surface area contributed by atoms with E-state index < -0.39 is 12.1 Å². The van der Waals surface area contributed by atoms with Crippen molar-refractivity contribution in [3.05, 3.63) is 75.8 Å². The van der Waals surface area contributed by atoms with Gasteiger partial charge in [-0.3, -0.25) is 9.79 Å². The van der Waals surface area contributed by atoms with Gasteiger partial charge in [-0.1, -0.05) is 60.1 Å². The number of carbonyl (C=O) groups excluding carboxylic acids is 2. The quantitative estimate of drug-likeness (QED) is 0.347. The number of fused-ring (bicyclic) bond motifs is 4. The third-order valence-corrected chi connectivity index (χ3v) is 8.98. The Kier molecular flexibility index (Phi) is 7.26. The molecule has 0 spiro atoms. The van der Waals surface area contributed by atoms with Crippen LogP contribution in [-0.4, -0.2) is 48.4 Å². The van der Waals surface area contributed by atoms with Crippen LogP contribution in [0, 0.1) is 5.92 Å². The van der Waals surface area contributed by atoms with Crippen molar-refractivity contribution < 1.29 is 14.3 Å². The second-order valence-corrected chi connectivity index (χ2v) is 12.3. The Hall–Kier alpha value is -3.45. The first-order chi connectivity index (χ1) is 19.3. The minimum atomic E-state index is -0.624. The molecule has 2 amide bonds. The molecule has 1 aliphatic carbocycles. The SMILES string of the molecule is COC(=O)N[C@H](C(=O)N1CCC[C@H]1C1=Nc2ccc(-c3ccc4c(c3)CCc3cc(Br)ccc3-4)cc2C1)C(C)C. The van der Waals surface area contributed by atoms with Gasteiger partial charge in [0.05, 0.1) is 18.8 Å². The summed E-state index contributed by atoms with van der Waals surface area (Å²) < 4.78 is 5.90. The average Bonchev–Trinajstić information content (AvgIpc) is 3.61. The summed E-state index contributed by atoms with van der Waals surface area (Å²) >= 11 is 3.61. The Morgan fingerprint density at radius 2 is 1.65 bits per heavy atom. The Bertz CT molecular complexity index is 1530. The van der Waals surface area contributed by atoms with Crippen LogP contribution in [0.1, 0.15) is 43.4 Å². The summed E-state index contributed by atoms with van der Waals surface area (Å²) in [6.45, 7) is 4.55. The van der Waals surface area contributed by atoms with Crippen LogP contribution in [0.4, 0.5) is 10.5 Å². The topological polar surface area (TPSA) is 71.0 Å². The molecule has 2 heterocycles. The highest BCUT2D eigenvalue weighted by Crippen LogP contribution is 2.39. The molecule has 6 rings (SSSR count). The zero-order valence-corrected chi connectivity index (χ0v) is 24.8. The van der Waals surface area contributed by atoms with Crippen LogP contribution in [0.3, 0.4) is 0 Å². The number of aryl methyl sites for hydroxylation is 2. The molecule has 40 heavy (non-hydrogen) atoms. The number of halogens is 1. The molecule has 7 heteroatoms. The standard InChI is InChI=1S/C33H34BrN3O3/c1-19(2)31(36-33(39)40-3)32(38)37-14-4-5-30(37)29-18-24-16-21(9-13-28(24)35-29)20-8-11-26-22(15-20)6-7-23-17-25(34)10-12-27(23)26/h8-13,15-17,19,30-31H,4-7,14,18H2,1-3H3,(H,36,39)/t30-,31-/m0/s1. The molecule has 0 bridgehead atoms. The molecule has 1 N–H and O–H groups in total. The largest absolute Gasteiger partial charge is 0.453 e. The number of likely N-dealkylation sites (tertiary alicyclic amines) is 1. The van der Waals surface area contributed by atoms with Crippen molar-refractivity contribution in [2.45, 2.75) is 58.0 Å². The maximum Gasteiger partial charge on any atom is 0.407 e. The number of hydrogen-bond donors (Lipinski definition) is 1. The zero-order valence-electron chi connectivity index (χ0n) is 23.2. The zero-order chi connectivity index (χ0) is 28.0.